The molecule has 0 aliphatic heterocycles. The van der Waals surface area contributed by atoms with Crippen LogP contribution in [0.2, 0.25) is 0 Å². The summed E-state index contributed by atoms with van der Waals surface area (Å²) in [5.41, 5.74) is 5.50. The van der Waals surface area contributed by atoms with Crippen LogP contribution in [0.15, 0.2) is 18.3 Å². The monoisotopic (exact) mass is 226 g/mol. The van der Waals surface area contributed by atoms with Crippen molar-refractivity contribution in [2.75, 3.05) is 5.73 Å². The normalized spacial score (nSPS) is 13.0. The predicted molar refractivity (Wildman–Crippen MR) is 59.6 cm³/mol. The van der Waals surface area contributed by atoms with E-state index >= 15 is 0 Å². The highest BCUT2D eigenvalue weighted by atomic mass is 32.1. The number of aromatic nitrogens is 1. The Balaban J connectivity index is 2.28. The lowest BCUT2D eigenvalue weighted by Crippen LogP contribution is -1.92. The minimum atomic E-state index is -0.580. The molecule has 2 aromatic rings. The molecule has 2 rings (SSSR count). The molecular weight excluding hydrogens is 216 g/mol. The summed E-state index contributed by atoms with van der Waals surface area (Å²) < 4.78 is 0. The number of hydrogen-bond acceptors (Lipinski definition) is 5. The Morgan fingerprint density at radius 1 is 1.36 bits per heavy atom. The van der Waals surface area contributed by atoms with E-state index in [4.69, 9.17) is 5.73 Å². The van der Waals surface area contributed by atoms with Gasteiger partial charge in [0.15, 0.2) is 5.13 Å². The zero-order chi connectivity index (χ0) is 10.1. The summed E-state index contributed by atoms with van der Waals surface area (Å²) in [5.74, 6) is 0. The number of nitrogen functional groups attached to an aromatic ring is 1. The van der Waals surface area contributed by atoms with Crippen LogP contribution in [0.25, 0.3) is 0 Å². The number of aliphatic hydroxyl groups is 1. The summed E-state index contributed by atoms with van der Waals surface area (Å²) in [6, 6.07) is 3.92. The molecular formula is C9H10N2OS2. The lowest BCUT2D eigenvalue weighted by atomic mass is 10.2. The van der Waals surface area contributed by atoms with Crippen molar-refractivity contribution < 1.29 is 5.11 Å². The van der Waals surface area contributed by atoms with Crippen LogP contribution in [-0.4, -0.2) is 10.1 Å². The second-order valence-corrected chi connectivity index (χ2v) is 5.37. The third-order valence-corrected chi connectivity index (χ3v) is 3.77. The van der Waals surface area contributed by atoms with Crippen molar-refractivity contribution in [3.05, 3.63) is 33.0 Å². The molecule has 0 fully saturated rings. The highest BCUT2D eigenvalue weighted by molar-refractivity contribution is 7.16. The van der Waals surface area contributed by atoms with Gasteiger partial charge in [0.2, 0.25) is 0 Å². The average molecular weight is 226 g/mol. The van der Waals surface area contributed by atoms with E-state index in [0.29, 0.717) is 5.13 Å². The Morgan fingerprint density at radius 2 is 2.14 bits per heavy atom. The smallest absolute Gasteiger partial charge is 0.180 e. The number of rotatable bonds is 2. The Bertz CT molecular complexity index is 395. The van der Waals surface area contributed by atoms with Crippen LogP contribution in [0.3, 0.4) is 0 Å². The Morgan fingerprint density at radius 3 is 2.64 bits per heavy atom. The van der Waals surface area contributed by atoms with E-state index in [2.05, 4.69) is 4.98 Å². The molecule has 0 saturated heterocycles. The molecule has 3 N–H and O–H groups in total. The molecule has 3 nitrogen and oxygen atoms in total. The lowest BCUT2D eigenvalue weighted by molar-refractivity contribution is 0.228. The zero-order valence-corrected chi connectivity index (χ0v) is 9.23. The second-order valence-electron chi connectivity index (χ2n) is 2.95. The first-order valence-corrected chi connectivity index (χ1v) is 5.75. The van der Waals surface area contributed by atoms with Gasteiger partial charge in [-0.3, -0.25) is 0 Å². The highest BCUT2D eigenvalue weighted by Gasteiger charge is 2.14. The fourth-order valence-corrected chi connectivity index (χ4v) is 2.82. The molecule has 0 aromatic carbocycles. The van der Waals surface area contributed by atoms with E-state index in [1.807, 2.05) is 19.1 Å². The van der Waals surface area contributed by atoms with Gasteiger partial charge in [-0.25, -0.2) is 4.98 Å². The number of aryl methyl sites for hydroxylation is 1. The van der Waals surface area contributed by atoms with E-state index in [1.54, 1.807) is 17.5 Å². The van der Waals surface area contributed by atoms with Gasteiger partial charge in [0, 0.05) is 16.0 Å². The van der Waals surface area contributed by atoms with Crippen molar-refractivity contribution in [3.8, 4) is 0 Å². The number of hydrogen-bond donors (Lipinski definition) is 2. The largest absolute Gasteiger partial charge is 0.382 e. The molecule has 1 unspecified atom stereocenters. The first-order valence-electron chi connectivity index (χ1n) is 4.12. The number of thiophene rings is 1. The molecule has 0 bridgehead atoms. The molecule has 0 amide bonds. The summed E-state index contributed by atoms with van der Waals surface area (Å²) in [5, 5.41) is 10.4. The third-order valence-electron chi connectivity index (χ3n) is 1.84. The first kappa shape index (κ1) is 9.64. The van der Waals surface area contributed by atoms with Crippen molar-refractivity contribution in [3.63, 3.8) is 0 Å². The predicted octanol–water partition coefficient (Wildman–Crippen LogP) is 2.18. The Kier molecular flexibility index (Phi) is 2.54. The minimum absolute atomic E-state index is 0.493. The fraction of sp³-hybridized carbons (Fsp3) is 0.222. The van der Waals surface area contributed by atoms with Gasteiger partial charge in [-0.1, -0.05) is 11.3 Å². The molecule has 14 heavy (non-hydrogen) atoms. The second kappa shape index (κ2) is 3.68. The molecule has 0 aliphatic rings. The van der Waals surface area contributed by atoms with Crippen LogP contribution in [0.4, 0.5) is 5.13 Å². The topological polar surface area (TPSA) is 59.1 Å². The van der Waals surface area contributed by atoms with Crippen molar-refractivity contribution in [2.24, 2.45) is 0 Å². The third kappa shape index (κ3) is 1.79. The van der Waals surface area contributed by atoms with Gasteiger partial charge in [0.05, 0.1) is 4.88 Å². The number of thiazole rings is 1. The molecule has 0 aliphatic carbocycles. The van der Waals surface area contributed by atoms with Crippen LogP contribution < -0.4 is 5.73 Å². The van der Waals surface area contributed by atoms with Crippen molar-refractivity contribution >= 4 is 27.8 Å². The maximum Gasteiger partial charge on any atom is 0.180 e. The molecule has 2 heterocycles. The van der Waals surface area contributed by atoms with Crippen LogP contribution >= 0.6 is 22.7 Å². The molecule has 0 spiro atoms. The van der Waals surface area contributed by atoms with Gasteiger partial charge in [0.1, 0.15) is 6.10 Å². The Labute approximate surface area is 89.9 Å². The van der Waals surface area contributed by atoms with E-state index in [9.17, 15) is 5.11 Å². The number of anilines is 1. The first-order chi connectivity index (χ1) is 6.66. The van der Waals surface area contributed by atoms with Gasteiger partial charge >= 0.3 is 0 Å². The summed E-state index contributed by atoms with van der Waals surface area (Å²) in [6.07, 6.45) is 1.04. The Hall–Kier alpha value is -0.910. The van der Waals surface area contributed by atoms with Crippen molar-refractivity contribution in [1.29, 1.82) is 0 Å². The number of nitrogens with two attached hydrogens (primary N) is 1. The van der Waals surface area contributed by atoms with E-state index in [1.165, 1.54) is 16.2 Å². The van der Waals surface area contributed by atoms with Crippen LogP contribution in [0.5, 0.6) is 0 Å². The highest BCUT2D eigenvalue weighted by Crippen LogP contribution is 2.31. The molecule has 74 valence electrons. The SMILES string of the molecule is Cc1ccc(C(O)c2cnc(N)s2)s1. The quantitative estimate of drug-likeness (QED) is 0.825. The minimum Gasteiger partial charge on any atom is -0.382 e. The zero-order valence-electron chi connectivity index (χ0n) is 7.60. The van der Waals surface area contributed by atoms with Gasteiger partial charge in [0.25, 0.3) is 0 Å². The number of aliphatic hydroxyl groups excluding tert-OH is 1. The van der Waals surface area contributed by atoms with Crippen molar-refractivity contribution in [2.45, 2.75) is 13.0 Å². The van der Waals surface area contributed by atoms with Gasteiger partial charge in [-0.05, 0) is 19.1 Å². The average Bonchev–Trinajstić information content (AvgIpc) is 2.73. The maximum absolute atomic E-state index is 9.94. The van der Waals surface area contributed by atoms with Crippen LogP contribution in [0, 0.1) is 6.92 Å². The molecule has 1 atom stereocenters. The molecule has 5 heteroatoms. The summed E-state index contributed by atoms with van der Waals surface area (Å²) in [6.45, 7) is 2.02. The van der Waals surface area contributed by atoms with Crippen LogP contribution in [0.1, 0.15) is 20.7 Å². The molecule has 2 aromatic heterocycles. The van der Waals surface area contributed by atoms with Gasteiger partial charge in [-0.2, -0.15) is 0 Å². The van der Waals surface area contributed by atoms with E-state index in [-0.39, 0.29) is 0 Å². The van der Waals surface area contributed by atoms with E-state index < -0.39 is 6.10 Å². The number of nitrogens with zero attached hydrogens (tertiary/aromatic N) is 1. The lowest BCUT2D eigenvalue weighted by Gasteiger charge is -2.03. The maximum atomic E-state index is 9.94. The van der Waals surface area contributed by atoms with Gasteiger partial charge in [-0.15, -0.1) is 11.3 Å². The van der Waals surface area contributed by atoms with Crippen molar-refractivity contribution in [1.82, 2.24) is 4.98 Å². The summed E-state index contributed by atoms with van der Waals surface area (Å²) in [4.78, 5) is 6.83. The standard InChI is InChI=1S/C9H10N2OS2/c1-5-2-3-6(13-5)8(12)7-4-11-9(10)14-7/h2-4,8,12H,1H3,(H2,10,11). The van der Waals surface area contributed by atoms with E-state index in [0.717, 1.165) is 9.75 Å². The molecule has 0 radical (unpaired) electrons. The molecule has 0 saturated carbocycles. The summed E-state index contributed by atoms with van der Waals surface area (Å²) >= 11 is 2.91. The fourth-order valence-electron chi connectivity index (χ4n) is 1.17. The van der Waals surface area contributed by atoms with Gasteiger partial charge < -0.3 is 10.8 Å². The van der Waals surface area contributed by atoms with Crippen LogP contribution in [-0.2, 0) is 0 Å². The summed E-state index contributed by atoms with van der Waals surface area (Å²) in [7, 11) is 0.